The average molecular weight is 356 g/mol. The minimum Gasteiger partial charge on any atom is -0.314 e. The van der Waals surface area contributed by atoms with Crippen LogP contribution in [0.1, 0.15) is 77.9 Å². The van der Waals surface area contributed by atoms with Crippen LogP contribution in [0.2, 0.25) is 0 Å². The molecule has 0 N–H and O–H groups in total. The molecule has 0 unspecified atom stereocenters. The fraction of sp³-hybridized carbons (Fsp3) is 0.882. The van der Waals surface area contributed by atoms with Crippen molar-refractivity contribution in [1.29, 1.82) is 0 Å². The van der Waals surface area contributed by atoms with Crippen molar-refractivity contribution in [2.45, 2.75) is 78.1 Å². The number of aromatic nitrogens is 3. The van der Waals surface area contributed by atoms with Crippen molar-refractivity contribution in [3.63, 3.8) is 0 Å². The van der Waals surface area contributed by atoms with Crippen LogP contribution in [0, 0.1) is 17.3 Å². The van der Waals surface area contributed by atoms with Crippen LogP contribution in [0.4, 0.5) is 0 Å². The number of halogens is 1. The Bertz CT molecular complexity index is 451. The largest absolute Gasteiger partial charge is 0.314 e. The Morgan fingerprint density at radius 2 is 1.76 bits per heavy atom. The van der Waals surface area contributed by atoms with E-state index in [-0.39, 0.29) is 0 Å². The van der Waals surface area contributed by atoms with Gasteiger partial charge in [-0.15, -0.1) is 10.2 Å². The van der Waals surface area contributed by atoms with E-state index in [2.05, 4.69) is 65.3 Å². The molecule has 1 fully saturated rings. The van der Waals surface area contributed by atoms with Crippen LogP contribution in [0.15, 0.2) is 0 Å². The third-order valence-electron chi connectivity index (χ3n) is 4.84. The van der Waals surface area contributed by atoms with Gasteiger partial charge >= 0.3 is 0 Å². The number of hydrogen-bond acceptors (Lipinski definition) is 2. The predicted molar refractivity (Wildman–Crippen MR) is 91.6 cm³/mol. The zero-order valence-electron chi connectivity index (χ0n) is 14.2. The second-order valence-electron chi connectivity index (χ2n) is 8.03. The number of rotatable bonds is 4. The molecule has 0 aromatic carbocycles. The van der Waals surface area contributed by atoms with Gasteiger partial charge in [0.25, 0.3) is 0 Å². The van der Waals surface area contributed by atoms with E-state index >= 15 is 0 Å². The van der Waals surface area contributed by atoms with E-state index in [9.17, 15) is 0 Å². The van der Waals surface area contributed by atoms with Gasteiger partial charge in [0.05, 0.1) is 5.33 Å². The van der Waals surface area contributed by atoms with Crippen LogP contribution in [0.5, 0.6) is 0 Å². The first kappa shape index (κ1) is 17.0. The van der Waals surface area contributed by atoms with Gasteiger partial charge in [-0.25, -0.2) is 0 Å². The molecule has 3 nitrogen and oxygen atoms in total. The first-order chi connectivity index (χ1) is 9.82. The molecule has 0 spiro atoms. The Kier molecular flexibility index (Phi) is 5.50. The van der Waals surface area contributed by atoms with Crippen LogP contribution in [-0.2, 0) is 11.9 Å². The minimum absolute atomic E-state index is 0.442. The van der Waals surface area contributed by atoms with E-state index in [1.165, 1.54) is 31.5 Å². The third-order valence-corrected chi connectivity index (χ3v) is 5.34. The summed E-state index contributed by atoms with van der Waals surface area (Å²) in [4.78, 5) is 0. The molecule has 1 aliphatic rings. The SMILES string of the molecule is CC(C)Cn1c(CBr)nnc1C1CCC(C(C)(C)C)CC1. The lowest BCUT2D eigenvalue weighted by molar-refractivity contribution is 0.166. The van der Waals surface area contributed by atoms with Gasteiger partial charge in [0.1, 0.15) is 11.6 Å². The van der Waals surface area contributed by atoms with Gasteiger partial charge in [0.15, 0.2) is 0 Å². The quantitative estimate of drug-likeness (QED) is 0.699. The summed E-state index contributed by atoms with van der Waals surface area (Å²) >= 11 is 3.55. The molecule has 1 aromatic heterocycles. The van der Waals surface area contributed by atoms with Crippen LogP contribution < -0.4 is 0 Å². The fourth-order valence-electron chi connectivity index (χ4n) is 3.53. The Balaban J connectivity index is 2.11. The average Bonchev–Trinajstić information content (AvgIpc) is 2.80. The third kappa shape index (κ3) is 4.08. The first-order valence-corrected chi connectivity index (χ1v) is 9.43. The molecule has 4 heteroatoms. The summed E-state index contributed by atoms with van der Waals surface area (Å²) in [5.74, 6) is 4.39. The standard InChI is InChI=1S/C17H30BrN3/c1-12(2)11-21-15(10-18)19-20-16(21)13-6-8-14(9-7-13)17(3,4)5/h12-14H,6-11H2,1-5H3. The summed E-state index contributed by atoms with van der Waals surface area (Å²) in [6, 6.07) is 0. The summed E-state index contributed by atoms with van der Waals surface area (Å²) in [7, 11) is 0. The molecule has 1 saturated carbocycles. The lowest BCUT2D eigenvalue weighted by Crippen LogP contribution is -2.26. The van der Waals surface area contributed by atoms with Gasteiger partial charge in [0.2, 0.25) is 0 Å². The topological polar surface area (TPSA) is 30.7 Å². The summed E-state index contributed by atoms with van der Waals surface area (Å²) in [5.41, 5.74) is 0.442. The highest BCUT2D eigenvalue weighted by Gasteiger charge is 2.32. The fourth-order valence-corrected chi connectivity index (χ4v) is 3.95. The highest BCUT2D eigenvalue weighted by Crippen LogP contribution is 2.42. The summed E-state index contributed by atoms with van der Waals surface area (Å²) in [6.07, 6.45) is 5.18. The molecule has 120 valence electrons. The Labute approximate surface area is 138 Å². The summed E-state index contributed by atoms with van der Waals surface area (Å²) < 4.78 is 2.36. The highest BCUT2D eigenvalue weighted by atomic mass is 79.9. The van der Waals surface area contributed by atoms with Crippen LogP contribution >= 0.6 is 15.9 Å². The Morgan fingerprint density at radius 1 is 1.14 bits per heavy atom. The van der Waals surface area contributed by atoms with Crippen LogP contribution in [-0.4, -0.2) is 14.8 Å². The molecular formula is C17H30BrN3. The maximum absolute atomic E-state index is 4.53. The lowest BCUT2D eigenvalue weighted by Gasteiger charge is -2.36. The number of hydrogen-bond donors (Lipinski definition) is 0. The van der Waals surface area contributed by atoms with Crippen molar-refractivity contribution >= 4 is 15.9 Å². The zero-order chi connectivity index (χ0) is 15.6. The van der Waals surface area contributed by atoms with Crippen molar-refractivity contribution in [2.75, 3.05) is 0 Å². The van der Waals surface area contributed by atoms with E-state index in [4.69, 9.17) is 0 Å². The van der Waals surface area contributed by atoms with E-state index < -0.39 is 0 Å². The smallest absolute Gasteiger partial charge is 0.143 e. The normalized spacial score (nSPS) is 23.8. The van der Waals surface area contributed by atoms with E-state index in [0.717, 1.165) is 23.6 Å². The molecule has 1 heterocycles. The van der Waals surface area contributed by atoms with Crippen molar-refractivity contribution in [3.8, 4) is 0 Å². The lowest BCUT2D eigenvalue weighted by atomic mass is 9.69. The van der Waals surface area contributed by atoms with E-state index in [1.807, 2.05) is 0 Å². The summed E-state index contributed by atoms with van der Waals surface area (Å²) in [6.45, 7) is 12.7. The molecule has 0 amide bonds. The second-order valence-corrected chi connectivity index (χ2v) is 8.59. The molecule has 0 aliphatic heterocycles. The molecule has 0 bridgehead atoms. The van der Waals surface area contributed by atoms with E-state index in [0.29, 0.717) is 17.3 Å². The molecule has 1 aliphatic carbocycles. The zero-order valence-corrected chi connectivity index (χ0v) is 15.8. The van der Waals surface area contributed by atoms with Gasteiger partial charge < -0.3 is 4.57 Å². The maximum atomic E-state index is 4.53. The van der Waals surface area contributed by atoms with Crippen molar-refractivity contribution < 1.29 is 0 Å². The van der Waals surface area contributed by atoms with Crippen LogP contribution in [0.3, 0.4) is 0 Å². The first-order valence-electron chi connectivity index (χ1n) is 8.30. The molecule has 2 rings (SSSR count). The van der Waals surface area contributed by atoms with Gasteiger partial charge in [-0.2, -0.15) is 0 Å². The molecule has 0 atom stereocenters. The van der Waals surface area contributed by atoms with Crippen molar-refractivity contribution in [3.05, 3.63) is 11.6 Å². The molecule has 21 heavy (non-hydrogen) atoms. The van der Waals surface area contributed by atoms with Crippen molar-refractivity contribution in [1.82, 2.24) is 14.8 Å². The number of nitrogens with zero attached hydrogens (tertiary/aromatic N) is 3. The predicted octanol–water partition coefficient (Wildman–Crippen LogP) is 5.15. The molecular weight excluding hydrogens is 326 g/mol. The van der Waals surface area contributed by atoms with Crippen LogP contribution in [0.25, 0.3) is 0 Å². The Morgan fingerprint density at radius 3 is 2.24 bits per heavy atom. The Hall–Kier alpha value is -0.380. The molecule has 0 saturated heterocycles. The van der Waals surface area contributed by atoms with Gasteiger partial charge in [-0.05, 0) is 42.9 Å². The van der Waals surface area contributed by atoms with E-state index in [1.54, 1.807) is 0 Å². The monoisotopic (exact) mass is 355 g/mol. The van der Waals surface area contributed by atoms with Gasteiger partial charge in [-0.1, -0.05) is 50.5 Å². The minimum atomic E-state index is 0.442. The number of alkyl halides is 1. The van der Waals surface area contributed by atoms with Gasteiger partial charge in [0, 0.05) is 12.5 Å². The molecule has 0 radical (unpaired) electrons. The summed E-state index contributed by atoms with van der Waals surface area (Å²) in [5, 5.41) is 9.73. The maximum Gasteiger partial charge on any atom is 0.143 e. The van der Waals surface area contributed by atoms with Crippen molar-refractivity contribution in [2.24, 2.45) is 17.3 Å². The molecule has 1 aromatic rings. The highest BCUT2D eigenvalue weighted by molar-refractivity contribution is 9.08. The second kappa shape index (κ2) is 6.80. The van der Waals surface area contributed by atoms with Gasteiger partial charge in [-0.3, -0.25) is 0 Å².